The lowest BCUT2D eigenvalue weighted by Crippen LogP contribution is -2.27. The van der Waals surface area contributed by atoms with Gasteiger partial charge in [-0.2, -0.15) is 0 Å². The summed E-state index contributed by atoms with van der Waals surface area (Å²) in [6.07, 6.45) is 11.2. The molecule has 2 aromatic carbocycles. The first-order valence-electron chi connectivity index (χ1n) is 13.9. The van der Waals surface area contributed by atoms with E-state index in [1.807, 2.05) is 12.1 Å². The molecular weight excluding hydrogens is 452 g/mol. The van der Waals surface area contributed by atoms with Crippen LogP contribution < -0.4 is 9.47 Å². The van der Waals surface area contributed by atoms with Gasteiger partial charge in [0.25, 0.3) is 0 Å². The first kappa shape index (κ1) is 28.2. The van der Waals surface area contributed by atoms with Crippen LogP contribution in [0.2, 0.25) is 0 Å². The molecule has 198 valence electrons. The van der Waals surface area contributed by atoms with Gasteiger partial charge in [-0.1, -0.05) is 84.3 Å². The van der Waals surface area contributed by atoms with Crippen LogP contribution in [0, 0.1) is 11.8 Å². The fourth-order valence-electron chi connectivity index (χ4n) is 4.19. The minimum absolute atomic E-state index is 0.358. The van der Waals surface area contributed by atoms with Crippen LogP contribution in [0.4, 0.5) is 0 Å². The Morgan fingerprint density at radius 1 is 0.861 bits per heavy atom. The second-order valence-electron chi connectivity index (χ2n) is 10.1. The van der Waals surface area contributed by atoms with Crippen LogP contribution in [-0.4, -0.2) is 25.8 Å². The van der Waals surface area contributed by atoms with E-state index in [9.17, 15) is 4.79 Å². The van der Waals surface area contributed by atoms with Gasteiger partial charge in [-0.3, -0.25) is 0 Å². The summed E-state index contributed by atoms with van der Waals surface area (Å²) in [5.41, 5.74) is 1.42. The molecule has 0 aromatic heterocycles. The van der Waals surface area contributed by atoms with E-state index in [4.69, 9.17) is 18.9 Å². The number of unbranched alkanes of at least 4 members (excludes halogenated alkanes) is 6. The molecular formula is C31H44O5. The summed E-state index contributed by atoms with van der Waals surface area (Å²) in [5, 5.41) is 0. The second kappa shape index (κ2) is 15.7. The van der Waals surface area contributed by atoms with Gasteiger partial charge in [0.2, 0.25) is 0 Å². The van der Waals surface area contributed by atoms with Crippen molar-refractivity contribution in [2.75, 3.05) is 19.8 Å². The minimum Gasteiger partial charge on any atom is -0.493 e. The molecule has 5 heteroatoms. The topological polar surface area (TPSA) is 54.0 Å². The third kappa shape index (κ3) is 9.59. The summed E-state index contributed by atoms with van der Waals surface area (Å²) in [6, 6.07) is 14.4. The molecule has 1 fully saturated rings. The van der Waals surface area contributed by atoms with Crippen molar-refractivity contribution in [2.24, 2.45) is 11.8 Å². The number of ether oxygens (including phenoxy) is 4. The van der Waals surface area contributed by atoms with Crippen molar-refractivity contribution in [2.45, 2.75) is 84.8 Å². The average molecular weight is 497 g/mol. The Balaban J connectivity index is 1.37. The molecule has 3 rings (SSSR count). The fourth-order valence-corrected chi connectivity index (χ4v) is 4.19. The average Bonchev–Trinajstić information content (AvgIpc) is 2.92. The van der Waals surface area contributed by atoms with Crippen molar-refractivity contribution < 1.29 is 23.7 Å². The van der Waals surface area contributed by atoms with Gasteiger partial charge >= 0.3 is 5.97 Å². The first-order valence-corrected chi connectivity index (χ1v) is 13.9. The van der Waals surface area contributed by atoms with Gasteiger partial charge in [-0.25, -0.2) is 4.79 Å². The molecule has 0 bridgehead atoms. The summed E-state index contributed by atoms with van der Waals surface area (Å²) in [5.74, 6) is 1.83. The van der Waals surface area contributed by atoms with Crippen molar-refractivity contribution >= 4 is 5.97 Å². The summed E-state index contributed by atoms with van der Waals surface area (Å²) in [7, 11) is 0. The molecule has 0 aliphatic carbocycles. The number of hydrogen-bond acceptors (Lipinski definition) is 5. The molecule has 1 heterocycles. The van der Waals surface area contributed by atoms with Crippen LogP contribution in [0.3, 0.4) is 0 Å². The van der Waals surface area contributed by atoms with E-state index in [1.54, 1.807) is 36.4 Å². The Morgan fingerprint density at radius 2 is 1.47 bits per heavy atom. The van der Waals surface area contributed by atoms with Crippen LogP contribution in [0.1, 0.15) is 101 Å². The quantitative estimate of drug-likeness (QED) is 0.141. The standard InChI is InChI=1S/C31H44O5/c1-4-6-7-8-9-10-11-12-25-22-34-31(35-23-25)27-15-19-29(20-16-27)36-30(32)26-13-17-28(18-14-26)33-21-24(3)5-2/h13-20,24-25,31H,4-12,21-23H2,1-3H3/t24-,25-,31-/m0/s1. The number of rotatable bonds is 15. The Morgan fingerprint density at radius 3 is 2.11 bits per heavy atom. The van der Waals surface area contributed by atoms with Gasteiger partial charge in [0.15, 0.2) is 6.29 Å². The van der Waals surface area contributed by atoms with Crippen LogP contribution in [0.15, 0.2) is 48.5 Å². The van der Waals surface area contributed by atoms with Gasteiger partial charge < -0.3 is 18.9 Å². The Labute approximate surface area is 217 Å². The van der Waals surface area contributed by atoms with E-state index >= 15 is 0 Å². The summed E-state index contributed by atoms with van der Waals surface area (Å²) >= 11 is 0. The van der Waals surface area contributed by atoms with Gasteiger partial charge in [0.1, 0.15) is 11.5 Å². The number of carbonyl (C=O) groups is 1. The lowest BCUT2D eigenvalue weighted by atomic mass is 10.0. The highest BCUT2D eigenvalue weighted by Crippen LogP contribution is 2.29. The first-order chi connectivity index (χ1) is 17.6. The lowest BCUT2D eigenvalue weighted by molar-refractivity contribution is -0.206. The summed E-state index contributed by atoms with van der Waals surface area (Å²) in [4.78, 5) is 12.5. The number of hydrogen-bond donors (Lipinski definition) is 0. The number of carbonyl (C=O) groups excluding carboxylic acids is 1. The Kier molecular flexibility index (Phi) is 12.3. The van der Waals surface area contributed by atoms with Crippen LogP contribution in [0.25, 0.3) is 0 Å². The van der Waals surface area contributed by atoms with Crippen molar-refractivity contribution in [1.29, 1.82) is 0 Å². The second-order valence-corrected chi connectivity index (χ2v) is 10.1. The van der Waals surface area contributed by atoms with E-state index in [0.717, 1.165) is 30.9 Å². The zero-order valence-electron chi connectivity index (χ0n) is 22.4. The number of esters is 1. The normalized spacial score (nSPS) is 18.5. The molecule has 5 nitrogen and oxygen atoms in total. The highest BCUT2D eigenvalue weighted by molar-refractivity contribution is 5.91. The van der Waals surface area contributed by atoms with E-state index in [0.29, 0.717) is 29.8 Å². The summed E-state index contributed by atoms with van der Waals surface area (Å²) in [6.45, 7) is 8.68. The molecule has 1 saturated heterocycles. The van der Waals surface area contributed by atoms with Crippen LogP contribution in [0.5, 0.6) is 11.5 Å². The molecule has 1 aliphatic heterocycles. The van der Waals surface area contributed by atoms with Crippen molar-refractivity contribution in [3.8, 4) is 11.5 Å². The maximum absolute atomic E-state index is 12.5. The molecule has 0 N–H and O–H groups in total. The molecule has 0 unspecified atom stereocenters. The van der Waals surface area contributed by atoms with Gasteiger partial charge in [0, 0.05) is 11.5 Å². The summed E-state index contributed by atoms with van der Waals surface area (Å²) < 4.78 is 23.3. The molecule has 0 spiro atoms. The van der Waals surface area contributed by atoms with Crippen LogP contribution >= 0.6 is 0 Å². The minimum atomic E-state index is -0.394. The van der Waals surface area contributed by atoms with Gasteiger partial charge in [-0.15, -0.1) is 0 Å². The van der Waals surface area contributed by atoms with E-state index in [2.05, 4.69) is 20.8 Å². The van der Waals surface area contributed by atoms with E-state index in [-0.39, 0.29) is 6.29 Å². The smallest absolute Gasteiger partial charge is 0.343 e. The molecule has 0 saturated carbocycles. The third-order valence-electron chi connectivity index (χ3n) is 6.87. The van der Waals surface area contributed by atoms with E-state index in [1.165, 1.54) is 51.4 Å². The zero-order chi connectivity index (χ0) is 25.6. The Bertz CT molecular complexity index is 869. The molecule has 1 atom stereocenters. The largest absolute Gasteiger partial charge is 0.493 e. The highest BCUT2D eigenvalue weighted by atomic mass is 16.7. The fraction of sp³-hybridized carbons (Fsp3) is 0.581. The predicted octanol–water partition coefficient (Wildman–Crippen LogP) is 8.13. The predicted molar refractivity (Wildman–Crippen MR) is 144 cm³/mol. The van der Waals surface area contributed by atoms with Crippen LogP contribution in [-0.2, 0) is 9.47 Å². The molecule has 36 heavy (non-hydrogen) atoms. The SMILES string of the molecule is CCCCCCCCC[C@H]1CO[C@H](c2ccc(OC(=O)c3ccc(OC[C@@H](C)CC)cc3)cc2)OC1. The van der Waals surface area contributed by atoms with Crippen molar-refractivity contribution in [3.05, 3.63) is 59.7 Å². The maximum atomic E-state index is 12.5. The number of benzene rings is 2. The highest BCUT2D eigenvalue weighted by Gasteiger charge is 2.23. The van der Waals surface area contributed by atoms with E-state index < -0.39 is 5.97 Å². The maximum Gasteiger partial charge on any atom is 0.343 e. The van der Waals surface area contributed by atoms with Gasteiger partial charge in [0.05, 0.1) is 25.4 Å². The van der Waals surface area contributed by atoms with Gasteiger partial charge in [-0.05, 0) is 48.7 Å². The zero-order valence-corrected chi connectivity index (χ0v) is 22.4. The Hall–Kier alpha value is -2.37. The monoisotopic (exact) mass is 496 g/mol. The lowest BCUT2D eigenvalue weighted by Gasteiger charge is -2.29. The van der Waals surface area contributed by atoms with Crippen molar-refractivity contribution in [1.82, 2.24) is 0 Å². The molecule has 0 amide bonds. The van der Waals surface area contributed by atoms with Crippen molar-refractivity contribution in [3.63, 3.8) is 0 Å². The molecule has 2 aromatic rings. The third-order valence-corrected chi connectivity index (χ3v) is 6.87. The molecule has 1 aliphatic rings. The molecule has 0 radical (unpaired) electrons.